The predicted octanol–water partition coefficient (Wildman–Crippen LogP) is 3.94. The van der Waals surface area contributed by atoms with Gasteiger partial charge < -0.3 is 10.4 Å². The molecule has 2 N–H and O–H groups in total. The molecular weight excluding hydrogens is 290 g/mol. The van der Waals surface area contributed by atoms with Crippen LogP contribution in [0.15, 0.2) is 53.4 Å². The highest BCUT2D eigenvalue weighted by Crippen LogP contribution is 2.22. The highest BCUT2D eigenvalue weighted by molar-refractivity contribution is 7.99. The smallest absolute Gasteiger partial charge is 0.0837 e. The summed E-state index contributed by atoms with van der Waals surface area (Å²) in [6, 6.07) is 16.9. The maximum absolute atomic E-state index is 10.5. The van der Waals surface area contributed by atoms with Crippen LogP contribution >= 0.6 is 11.8 Å². The molecule has 0 spiro atoms. The maximum atomic E-state index is 10.5. The van der Waals surface area contributed by atoms with Crippen LogP contribution < -0.4 is 5.32 Å². The summed E-state index contributed by atoms with van der Waals surface area (Å²) in [4.78, 5) is 1.20. The Hall–Kier alpha value is -1.29. The van der Waals surface area contributed by atoms with Crippen molar-refractivity contribution >= 4 is 11.8 Å². The summed E-state index contributed by atoms with van der Waals surface area (Å²) < 4.78 is 0. The first-order valence-electron chi connectivity index (χ1n) is 7.63. The molecule has 0 aliphatic rings. The summed E-state index contributed by atoms with van der Waals surface area (Å²) >= 11 is 1.69. The van der Waals surface area contributed by atoms with Gasteiger partial charge in [-0.3, -0.25) is 0 Å². The normalized spacial score (nSPS) is 13.8. The molecule has 2 aromatic rings. The Morgan fingerprint density at radius 3 is 2.09 bits per heavy atom. The average Bonchev–Trinajstić information content (AvgIpc) is 2.49. The van der Waals surface area contributed by atoms with E-state index >= 15 is 0 Å². The molecule has 1 unspecified atom stereocenters. The van der Waals surface area contributed by atoms with Crippen LogP contribution in [0.3, 0.4) is 0 Å². The van der Waals surface area contributed by atoms with Gasteiger partial charge in [-0.05, 0) is 38.5 Å². The van der Waals surface area contributed by atoms with Crippen LogP contribution in [-0.2, 0) is 6.54 Å². The zero-order chi connectivity index (χ0) is 16.0. The van der Waals surface area contributed by atoms with E-state index in [9.17, 15) is 5.11 Å². The Bertz CT molecular complexity index is 575. The van der Waals surface area contributed by atoms with Crippen molar-refractivity contribution in [2.75, 3.05) is 12.3 Å². The number of nitrogens with one attached hydrogen (secondary N) is 1. The Balaban J connectivity index is 1.75. The molecule has 1 atom stereocenters. The number of thioether (sulfide) groups is 1. The van der Waals surface area contributed by atoms with Crippen LogP contribution in [0.1, 0.15) is 23.6 Å². The fourth-order valence-electron chi connectivity index (χ4n) is 2.11. The molecule has 0 heterocycles. The lowest BCUT2D eigenvalue weighted by atomic mass is 10.1. The molecule has 0 aliphatic carbocycles. The Morgan fingerprint density at radius 2 is 1.50 bits per heavy atom. The third-order valence-electron chi connectivity index (χ3n) is 3.53. The molecule has 2 rings (SSSR count). The van der Waals surface area contributed by atoms with Crippen LogP contribution in [-0.4, -0.2) is 23.0 Å². The summed E-state index contributed by atoms with van der Waals surface area (Å²) in [5, 5.41) is 13.8. The van der Waals surface area contributed by atoms with Gasteiger partial charge >= 0.3 is 0 Å². The molecule has 22 heavy (non-hydrogen) atoms. The zero-order valence-corrected chi connectivity index (χ0v) is 14.4. The summed E-state index contributed by atoms with van der Waals surface area (Å²) in [5.74, 6) is 0.678. The largest absolute Gasteiger partial charge is 0.388 e. The second-order valence-electron chi connectivity index (χ2n) is 6.19. The second-order valence-corrected chi connectivity index (χ2v) is 7.24. The predicted molar refractivity (Wildman–Crippen MR) is 95.4 cm³/mol. The number of rotatable bonds is 7. The van der Waals surface area contributed by atoms with Crippen molar-refractivity contribution in [3.05, 3.63) is 65.2 Å². The number of hydrogen-bond acceptors (Lipinski definition) is 3. The Labute approximate surface area is 138 Å². The lowest BCUT2D eigenvalue weighted by molar-refractivity contribution is 0.0845. The molecule has 3 heteroatoms. The fourth-order valence-corrected chi connectivity index (χ4v) is 3.01. The van der Waals surface area contributed by atoms with Crippen LogP contribution in [0.2, 0.25) is 0 Å². The van der Waals surface area contributed by atoms with Gasteiger partial charge in [-0.15, -0.1) is 11.8 Å². The topological polar surface area (TPSA) is 32.3 Å². The summed E-state index contributed by atoms with van der Waals surface area (Å²) in [7, 11) is 0. The highest BCUT2D eigenvalue weighted by Gasteiger charge is 2.20. The van der Waals surface area contributed by atoms with Crippen LogP contribution in [0.4, 0.5) is 0 Å². The van der Waals surface area contributed by atoms with Gasteiger partial charge in [-0.2, -0.15) is 0 Å². The molecule has 0 radical (unpaired) electrons. The lowest BCUT2D eigenvalue weighted by Crippen LogP contribution is -2.39. The highest BCUT2D eigenvalue weighted by atomic mass is 32.2. The van der Waals surface area contributed by atoms with Crippen molar-refractivity contribution in [1.29, 1.82) is 0 Å². The van der Waals surface area contributed by atoms with Gasteiger partial charge in [0, 0.05) is 23.7 Å². The summed E-state index contributed by atoms with van der Waals surface area (Å²) in [6.45, 7) is 7.42. The van der Waals surface area contributed by atoms with E-state index in [-0.39, 0.29) is 0 Å². The van der Waals surface area contributed by atoms with Gasteiger partial charge in [0.25, 0.3) is 0 Å². The SMILES string of the molecule is Cc1ccc(CNCC(C)(O)CSc2ccc(C)cc2)cc1. The van der Waals surface area contributed by atoms with E-state index in [0.717, 1.165) is 6.54 Å². The minimum Gasteiger partial charge on any atom is -0.388 e. The average molecular weight is 315 g/mol. The molecule has 2 aromatic carbocycles. The Kier molecular flexibility index (Phi) is 6.07. The van der Waals surface area contributed by atoms with Crippen molar-refractivity contribution in [1.82, 2.24) is 5.32 Å². The van der Waals surface area contributed by atoms with E-state index < -0.39 is 5.60 Å². The Morgan fingerprint density at radius 1 is 0.955 bits per heavy atom. The first-order chi connectivity index (χ1) is 10.4. The molecule has 0 saturated carbocycles. The number of hydrogen-bond donors (Lipinski definition) is 2. The minimum atomic E-state index is -0.722. The van der Waals surface area contributed by atoms with Crippen LogP contribution in [0.25, 0.3) is 0 Å². The van der Waals surface area contributed by atoms with Gasteiger partial charge in [-0.1, -0.05) is 47.5 Å². The van der Waals surface area contributed by atoms with E-state index in [4.69, 9.17) is 0 Å². The van der Waals surface area contributed by atoms with Crippen molar-refractivity contribution in [3.63, 3.8) is 0 Å². The molecule has 0 amide bonds. The van der Waals surface area contributed by atoms with E-state index in [0.29, 0.717) is 12.3 Å². The molecular formula is C19H25NOS. The van der Waals surface area contributed by atoms with Crippen LogP contribution in [0.5, 0.6) is 0 Å². The zero-order valence-electron chi connectivity index (χ0n) is 13.6. The van der Waals surface area contributed by atoms with Crippen molar-refractivity contribution in [2.45, 2.75) is 37.8 Å². The molecule has 0 saturated heterocycles. The van der Waals surface area contributed by atoms with Gasteiger partial charge in [-0.25, -0.2) is 0 Å². The van der Waals surface area contributed by atoms with E-state index in [1.807, 2.05) is 6.92 Å². The standard InChI is InChI=1S/C19H25NOS/c1-15-4-8-17(9-5-15)12-20-13-19(3,21)14-22-18-10-6-16(2)7-11-18/h4-11,20-21H,12-14H2,1-3H3. The third kappa shape index (κ3) is 5.84. The van der Waals surface area contributed by atoms with Gasteiger partial charge in [0.1, 0.15) is 0 Å². The summed E-state index contributed by atoms with van der Waals surface area (Å²) in [6.07, 6.45) is 0. The monoisotopic (exact) mass is 315 g/mol. The number of aryl methyl sites for hydroxylation is 2. The maximum Gasteiger partial charge on any atom is 0.0837 e. The summed E-state index contributed by atoms with van der Waals surface area (Å²) in [5.41, 5.74) is 3.05. The van der Waals surface area contributed by atoms with Crippen molar-refractivity contribution in [2.24, 2.45) is 0 Å². The van der Waals surface area contributed by atoms with E-state index in [1.54, 1.807) is 11.8 Å². The molecule has 0 aliphatic heterocycles. The van der Waals surface area contributed by atoms with E-state index in [1.165, 1.54) is 21.6 Å². The van der Waals surface area contributed by atoms with Gasteiger partial charge in [0.15, 0.2) is 0 Å². The van der Waals surface area contributed by atoms with Gasteiger partial charge in [0.2, 0.25) is 0 Å². The first-order valence-corrected chi connectivity index (χ1v) is 8.61. The molecule has 0 bridgehead atoms. The molecule has 118 valence electrons. The molecule has 0 fully saturated rings. The number of benzene rings is 2. The quantitative estimate of drug-likeness (QED) is 0.759. The number of aliphatic hydroxyl groups is 1. The minimum absolute atomic E-state index is 0.583. The van der Waals surface area contributed by atoms with Crippen molar-refractivity contribution in [3.8, 4) is 0 Å². The van der Waals surface area contributed by atoms with Gasteiger partial charge in [0.05, 0.1) is 5.60 Å². The third-order valence-corrected chi connectivity index (χ3v) is 4.90. The molecule has 2 nitrogen and oxygen atoms in total. The molecule has 0 aromatic heterocycles. The lowest BCUT2D eigenvalue weighted by Gasteiger charge is -2.23. The van der Waals surface area contributed by atoms with E-state index in [2.05, 4.69) is 67.7 Å². The fraction of sp³-hybridized carbons (Fsp3) is 0.368. The van der Waals surface area contributed by atoms with Crippen LogP contribution in [0, 0.1) is 13.8 Å². The second kappa shape index (κ2) is 7.82. The van der Waals surface area contributed by atoms with Crippen molar-refractivity contribution < 1.29 is 5.11 Å². The first kappa shape index (κ1) is 17.1.